The minimum Gasteiger partial charge on any atom is -0.383 e. The summed E-state index contributed by atoms with van der Waals surface area (Å²) in [4.78, 5) is 34.3. The topological polar surface area (TPSA) is 88.8 Å². The lowest BCUT2D eigenvalue weighted by Crippen LogP contribution is -2.46. The highest BCUT2D eigenvalue weighted by Crippen LogP contribution is 2.31. The van der Waals surface area contributed by atoms with E-state index in [1.807, 2.05) is 12.1 Å². The van der Waals surface area contributed by atoms with Gasteiger partial charge in [0, 0.05) is 37.2 Å². The number of likely N-dealkylation sites (tertiary alicyclic amines) is 1. The minimum atomic E-state index is -0.293. The van der Waals surface area contributed by atoms with E-state index in [9.17, 15) is 9.59 Å². The highest BCUT2D eigenvalue weighted by Gasteiger charge is 2.33. The average Bonchev–Trinajstić information content (AvgIpc) is 3.37. The van der Waals surface area contributed by atoms with E-state index in [0.717, 1.165) is 44.1 Å². The number of rotatable bonds is 13. The largest absolute Gasteiger partial charge is 0.383 e. The van der Waals surface area contributed by atoms with E-state index >= 15 is 0 Å². The summed E-state index contributed by atoms with van der Waals surface area (Å²) in [5, 5.41) is 4.76. The average molecular weight is 505 g/mol. The molecule has 1 aromatic carbocycles. The first-order chi connectivity index (χ1) is 17.0. The lowest BCUT2D eigenvalue weighted by molar-refractivity contribution is -0.143. The van der Waals surface area contributed by atoms with Gasteiger partial charge in [-0.3, -0.25) is 9.59 Å². The number of halogens is 1. The normalized spacial score (nSPS) is 15.9. The third-order valence-corrected chi connectivity index (χ3v) is 6.64. The smallest absolute Gasteiger partial charge is 0.249 e. The molecule has 9 heteroatoms. The van der Waals surface area contributed by atoms with Gasteiger partial charge in [0.15, 0.2) is 0 Å². The van der Waals surface area contributed by atoms with Crippen molar-refractivity contribution in [3.8, 4) is 11.4 Å². The van der Waals surface area contributed by atoms with E-state index in [4.69, 9.17) is 20.9 Å². The van der Waals surface area contributed by atoms with Gasteiger partial charge >= 0.3 is 0 Å². The number of ether oxygens (including phenoxy) is 1. The van der Waals surface area contributed by atoms with Gasteiger partial charge in [-0.2, -0.15) is 4.98 Å². The molecule has 1 saturated heterocycles. The van der Waals surface area contributed by atoms with Crippen LogP contribution in [-0.2, 0) is 14.3 Å². The Morgan fingerprint density at radius 3 is 2.69 bits per heavy atom. The van der Waals surface area contributed by atoms with Crippen molar-refractivity contribution in [2.75, 3.05) is 33.4 Å². The van der Waals surface area contributed by atoms with E-state index in [-0.39, 0.29) is 24.4 Å². The molecule has 192 valence electrons. The Hall–Kier alpha value is -2.45. The zero-order valence-corrected chi connectivity index (χ0v) is 21.6. The third kappa shape index (κ3) is 8.04. The SMILES string of the molecule is CCCCCCCC(=O)N(CCOC)CC(=O)N1CCCCC1c1nc(-c2ccc(Cl)cc2)no1. The fourth-order valence-electron chi connectivity index (χ4n) is 4.36. The molecule has 1 fully saturated rings. The molecule has 1 aromatic heterocycles. The maximum absolute atomic E-state index is 13.4. The Kier molecular flexibility index (Phi) is 11.0. The second kappa shape index (κ2) is 14.2. The molecule has 0 aliphatic carbocycles. The van der Waals surface area contributed by atoms with Crippen molar-refractivity contribution in [1.29, 1.82) is 0 Å². The van der Waals surface area contributed by atoms with Gasteiger partial charge in [-0.1, -0.05) is 49.4 Å². The first-order valence-corrected chi connectivity index (χ1v) is 13.1. The Morgan fingerprint density at radius 2 is 1.94 bits per heavy atom. The van der Waals surface area contributed by atoms with Crippen molar-refractivity contribution < 1.29 is 18.8 Å². The van der Waals surface area contributed by atoms with E-state index in [0.29, 0.717) is 42.9 Å². The summed E-state index contributed by atoms with van der Waals surface area (Å²) in [6.07, 6.45) is 8.45. The second-order valence-electron chi connectivity index (χ2n) is 9.03. The van der Waals surface area contributed by atoms with Gasteiger partial charge in [-0.05, 0) is 49.9 Å². The number of aromatic nitrogens is 2. The van der Waals surface area contributed by atoms with Crippen LogP contribution in [0.25, 0.3) is 11.4 Å². The van der Waals surface area contributed by atoms with Gasteiger partial charge < -0.3 is 19.1 Å². The van der Waals surface area contributed by atoms with Crippen LogP contribution in [0.3, 0.4) is 0 Å². The highest BCUT2D eigenvalue weighted by molar-refractivity contribution is 6.30. The van der Waals surface area contributed by atoms with E-state index < -0.39 is 0 Å². The van der Waals surface area contributed by atoms with Crippen LogP contribution >= 0.6 is 11.6 Å². The quantitative estimate of drug-likeness (QED) is 0.345. The molecule has 1 unspecified atom stereocenters. The van der Waals surface area contributed by atoms with E-state index in [1.165, 1.54) is 12.8 Å². The van der Waals surface area contributed by atoms with Crippen molar-refractivity contribution in [2.24, 2.45) is 0 Å². The zero-order chi connectivity index (χ0) is 25.0. The molecule has 35 heavy (non-hydrogen) atoms. The maximum atomic E-state index is 13.4. The fraction of sp³-hybridized carbons (Fsp3) is 0.615. The molecule has 0 N–H and O–H groups in total. The molecule has 2 aromatic rings. The van der Waals surface area contributed by atoms with Crippen molar-refractivity contribution in [1.82, 2.24) is 19.9 Å². The van der Waals surface area contributed by atoms with Crippen LogP contribution < -0.4 is 0 Å². The lowest BCUT2D eigenvalue weighted by atomic mass is 10.0. The molecule has 0 bridgehead atoms. The number of benzene rings is 1. The number of piperidine rings is 1. The third-order valence-electron chi connectivity index (χ3n) is 6.39. The van der Waals surface area contributed by atoms with Gasteiger partial charge in [0.25, 0.3) is 0 Å². The predicted molar refractivity (Wildman–Crippen MR) is 135 cm³/mol. The van der Waals surface area contributed by atoms with Crippen LogP contribution in [0.1, 0.15) is 76.6 Å². The Labute approximate surface area is 212 Å². The van der Waals surface area contributed by atoms with Crippen molar-refractivity contribution in [3.05, 3.63) is 35.2 Å². The van der Waals surface area contributed by atoms with Gasteiger partial charge in [0.05, 0.1) is 13.2 Å². The van der Waals surface area contributed by atoms with Gasteiger partial charge in [-0.15, -0.1) is 0 Å². The standard InChI is InChI=1S/C26H37ClN4O4/c1-3-4-5-6-7-11-23(32)30(17-18-34-2)19-24(33)31-16-9-8-10-22(31)26-28-25(29-35-26)20-12-14-21(27)15-13-20/h12-15,22H,3-11,16-19H2,1-2H3. The zero-order valence-electron chi connectivity index (χ0n) is 20.9. The number of unbranched alkanes of at least 4 members (excludes halogenated alkanes) is 4. The van der Waals surface area contributed by atoms with Crippen molar-refractivity contribution in [3.63, 3.8) is 0 Å². The summed E-state index contributed by atoms with van der Waals surface area (Å²) in [7, 11) is 1.60. The Bertz CT molecular complexity index is 934. The van der Waals surface area contributed by atoms with Crippen LogP contribution in [0.4, 0.5) is 0 Å². The number of methoxy groups -OCH3 is 1. The fourth-order valence-corrected chi connectivity index (χ4v) is 4.48. The number of carbonyl (C=O) groups excluding carboxylic acids is 2. The van der Waals surface area contributed by atoms with Gasteiger partial charge in [0.1, 0.15) is 6.04 Å². The molecule has 8 nitrogen and oxygen atoms in total. The first kappa shape index (κ1) is 27.1. The van der Waals surface area contributed by atoms with Crippen LogP contribution in [0.5, 0.6) is 0 Å². The van der Waals surface area contributed by atoms with Gasteiger partial charge in [0.2, 0.25) is 23.5 Å². The number of hydrogen-bond acceptors (Lipinski definition) is 6. The monoisotopic (exact) mass is 504 g/mol. The predicted octanol–water partition coefficient (Wildman–Crippen LogP) is 5.28. The Morgan fingerprint density at radius 1 is 1.17 bits per heavy atom. The van der Waals surface area contributed by atoms with Crippen molar-refractivity contribution >= 4 is 23.4 Å². The summed E-state index contributed by atoms with van der Waals surface area (Å²) in [5.74, 6) is 0.794. The van der Waals surface area contributed by atoms with Crippen LogP contribution in [0.2, 0.25) is 5.02 Å². The molecule has 1 aliphatic rings. The molecule has 0 spiro atoms. The van der Waals surface area contributed by atoms with E-state index in [2.05, 4.69) is 17.1 Å². The van der Waals surface area contributed by atoms with Crippen LogP contribution in [0.15, 0.2) is 28.8 Å². The molecule has 3 rings (SSSR count). The number of carbonyl (C=O) groups is 2. The molecular weight excluding hydrogens is 468 g/mol. The molecular formula is C26H37ClN4O4. The number of hydrogen-bond donors (Lipinski definition) is 0. The van der Waals surface area contributed by atoms with Crippen LogP contribution in [0, 0.1) is 0 Å². The Balaban J connectivity index is 1.65. The van der Waals surface area contributed by atoms with E-state index in [1.54, 1.807) is 29.0 Å². The highest BCUT2D eigenvalue weighted by atomic mass is 35.5. The summed E-state index contributed by atoms with van der Waals surface area (Å²) in [6, 6.07) is 6.93. The molecule has 1 aliphatic heterocycles. The van der Waals surface area contributed by atoms with Gasteiger partial charge in [-0.25, -0.2) is 0 Å². The maximum Gasteiger partial charge on any atom is 0.249 e. The number of amides is 2. The molecule has 0 saturated carbocycles. The first-order valence-electron chi connectivity index (χ1n) is 12.7. The second-order valence-corrected chi connectivity index (χ2v) is 9.47. The lowest BCUT2D eigenvalue weighted by Gasteiger charge is -2.35. The minimum absolute atomic E-state index is 0.00303. The summed E-state index contributed by atoms with van der Waals surface area (Å²) >= 11 is 5.98. The van der Waals surface area contributed by atoms with Crippen molar-refractivity contribution in [2.45, 2.75) is 70.8 Å². The molecule has 0 radical (unpaired) electrons. The molecule has 1 atom stereocenters. The van der Waals surface area contributed by atoms with Crippen LogP contribution in [-0.4, -0.2) is 65.1 Å². The number of nitrogens with zero attached hydrogens (tertiary/aromatic N) is 4. The summed E-state index contributed by atoms with van der Waals surface area (Å²) in [6.45, 7) is 3.60. The molecule has 2 amide bonds. The summed E-state index contributed by atoms with van der Waals surface area (Å²) < 4.78 is 10.8. The summed E-state index contributed by atoms with van der Waals surface area (Å²) in [5.41, 5.74) is 0.799. The molecule has 2 heterocycles.